The molecule has 0 spiro atoms. The van der Waals surface area contributed by atoms with Crippen LogP contribution in [-0.4, -0.2) is 74.3 Å². The Morgan fingerprint density at radius 1 is 1.21 bits per heavy atom. The number of likely N-dealkylation sites (N-methyl/N-ethyl adjacent to an activating group) is 1. The van der Waals surface area contributed by atoms with Crippen molar-refractivity contribution in [3.63, 3.8) is 0 Å². The summed E-state index contributed by atoms with van der Waals surface area (Å²) in [7, 11) is -2.51. The number of non-ortho nitro benzene ring substituents is 1. The number of amides is 2. The van der Waals surface area contributed by atoms with Crippen molar-refractivity contribution < 1.29 is 27.7 Å². The molecule has 1 saturated heterocycles. The summed E-state index contributed by atoms with van der Waals surface area (Å²) in [5.41, 5.74) is 0.00573. The van der Waals surface area contributed by atoms with Gasteiger partial charge >= 0.3 is 0 Å². The van der Waals surface area contributed by atoms with Gasteiger partial charge in [-0.05, 0) is 24.3 Å². The first-order valence-electron chi connectivity index (χ1n) is 9.77. The van der Waals surface area contributed by atoms with E-state index >= 15 is 0 Å². The summed E-state index contributed by atoms with van der Waals surface area (Å²) in [4.78, 5) is 36.2. The van der Waals surface area contributed by atoms with Crippen LogP contribution in [-0.2, 0) is 19.6 Å². The molecule has 1 aliphatic heterocycles. The number of morpholine rings is 1. The van der Waals surface area contributed by atoms with Gasteiger partial charge in [0.1, 0.15) is 4.90 Å². The van der Waals surface area contributed by atoms with E-state index in [1.54, 1.807) is 0 Å². The molecule has 176 valence electrons. The minimum atomic E-state index is -3.88. The van der Waals surface area contributed by atoms with E-state index in [4.69, 9.17) is 16.3 Å². The molecule has 1 fully saturated rings. The molecular formula is C20H21ClN4O7S. The van der Waals surface area contributed by atoms with E-state index in [9.17, 15) is 28.1 Å². The summed E-state index contributed by atoms with van der Waals surface area (Å²) in [6, 6.07) is 9.23. The number of rotatable bonds is 7. The molecule has 1 aliphatic rings. The smallest absolute Gasteiger partial charge is 0.270 e. The number of hydrogen-bond acceptors (Lipinski definition) is 7. The zero-order chi connectivity index (χ0) is 24.2. The normalized spacial score (nSPS) is 14.5. The number of benzene rings is 2. The SMILES string of the molecule is CN(CC(=O)Nc1ccc(Cl)c(S(=O)(=O)N2CCOCC2)c1)C(=O)c1cccc([N+](=O)[O-])c1. The highest BCUT2D eigenvalue weighted by molar-refractivity contribution is 7.89. The van der Waals surface area contributed by atoms with Crippen LogP contribution >= 0.6 is 11.6 Å². The van der Waals surface area contributed by atoms with Crippen molar-refractivity contribution in [2.45, 2.75) is 4.90 Å². The molecule has 0 saturated carbocycles. The molecule has 0 radical (unpaired) electrons. The fraction of sp³-hybridized carbons (Fsp3) is 0.300. The number of halogens is 1. The molecule has 2 aromatic carbocycles. The zero-order valence-electron chi connectivity index (χ0n) is 17.6. The highest BCUT2D eigenvalue weighted by atomic mass is 35.5. The second-order valence-electron chi connectivity index (χ2n) is 7.18. The molecule has 11 nitrogen and oxygen atoms in total. The number of nitro benzene ring substituents is 1. The van der Waals surface area contributed by atoms with Crippen molar-refractivity contribution in [2.24, 2.45) is 0 Å². The number of anilines is 1. The van der Waals surface area contributed by atoms with E-state index in [1.165, 1.54) is 47.8 Å². The fourth-order valence-corrected chi connectivity index (χ4v) is 5.07. The fourth-order valence-electron chi connectivity index (χ4n) is 3.17. The van der Waals surface area contributed by atoms with Gasteiger partial charge in [-0.3, -0.25) is 19.7 Å². The topological polar surface area (TPSA) is 139 Å². The van der Waals surface area contributed by atoms with Crippen molar-refractivity contribution in [2.75, 3.05) is 45.2 Å². The molecule has 0 aromatic heterocycles. The van der Waals surface area contributed by atoms with Crippen LogP contribution in [0.3, 0.4) is 0 Å². The average Bonchev–Trinajstić information content (AvgIpc) is 2.80. The van der Waals surface area contributed by atoms with Crippen LogP contribution in [0.25, 0.3) is 0 Å². The van der Waals surface area contributed by atoms with Crippen LogP contribution in [0.4, 0.5) is 11.4 Å². The maximum atomic E-state index is 12.9. The Morgan fingerprint density at radius 3 is 2.58 bits per heavy atom. The number of nitrogens with one attached hydrogen (secondary N) is 1. The molecule has 1 N–H and O–H groups in total. The molecule has 13 heteroatoms. The van der Waals surface area contributed by atoms with Gasteiger partial charge in [0, 0.05) is 43.5 Å². The first-order chi connectivity index (χ1) is 15.6. The van der Waals surface area contributed by atoms with Crippen LogP contribution < -0.4 is 5.32 Å². The molecule has 1 heterocycles. The van der Waals surface area contributed by atoms with Crippen molar-refractivity contribution in [3.8, 4) is 0 Å². The van der Waals surface area contributed by atoms with Crippen molar-refractivity contribution in [3.05, 3.63) is 63.2 Å². The summed E-state index contributed by atoms with van der Waals surface area (Å²) in [5, 5.41) is 13.5. The van der Waals surface area contributed by atoms with E-state index in [0.29, 0.717) is 0 Å². The average molecular weight is 497 g/mol. The van der Waals surface area contributed by atoms with Gasteiger partial charge in [-0.15, -0.1) is 0 Å². The number of sulfonamides is 1. The second-order valence-corrected chi connectivity index (χ2v) is 9.49. The quantitative estimate of drug-likeness (QED) is 0.456. The van der Waals surface area contributed by atoms with Gasteiger partial charge in [-0.2, -0.15) is 4.31 Å². The third-order valence-corrected chi connectivity index (χ3v) is 7.21. The summed E-state index contributed by atoms with van der Waals surface area (Å²) in [5.74, 6) is -1.17. The van der Waals surface area contributed by atoms with Crippen LogP contribution in [0, 0.1) is 10.1 Å². The van der Waals surface area contributed by atoms with Crippen molar-refractivity contribution >= 4 is 44.8 Å². The summed E-state index contributed by atoms with van der Waals surface area (Å²) >= 11 is 6.11. The Bertz CT molecular complexity index is 1180. The Labute approximate surface area is 195 Å². The predicted molar refractivity (Wildman–Crippen MR) is 120 cm³/mol. The van der Waals surface area contributed by atoms with Crippen LogP contribution in [0.15, 0.2) is 47.4 Å². The first kappa shape index (κ1) is 24.6. The molecule has 0 bridgehead atoms. The minimum Gasteiger partial charge on any atom is -0.379 e. The standard InChI is InChI=1S/C20H21ClN4O7S/c1-23(20(27)14-3-2-4-16(11-14)25(28)29)13-19(26)22-15-5-6-17(21)18(12-15)33(30,31)24-7-9-32-10-8-24/h2-6,11-12H,7-10,13H2,1H3,(H,22,26). The first-order valence-corrected chi connectivity index (χ1v) is 11.6. The number of carbonyl (C=O) groups excluding carboxylic acids is 2. The lowest BCUT2D eigenvalue weighted by atomic mass is 10.2. The Hall–Kier alpha value is -3.06. The number of carbonyl (C=O) groups is 2. The monoisotopic (exact) mass is 496 g/mol. The molecule has 0 atom stereocenters. The number of nitro groups is 1. The van der Waals surface area contributed by atoms with Crippen molar-refractivity contribution in [1.82, 2.24) is 9.21 Å². The Kier molecular flexibility index (Phi) is 7.64. The van der Waals surface area contributed by atoms with Gasteiger partial charge in [0.05, 0.1) is 29.7 Å². The minimum absolute atomic E-state index is 0.0115. The maximum Gasteiger partial charge on any atom is 0.270 e. The van der Waals surface area contributed by atoms with Crippen molar-refractivity contribution in [1.29, 1.82) is 0 Å². The molecule has 33 heavy (non-hydrogen) atoms. The van der Waals surface area contributed by atoms with Gasteiger partial charge in [0.15, 0.2) is 0 Å². The van der Waals surface area contributed by atoms with Crippen LogP contribution in [0.2, 0.25) is 5.02 Å². The van der Waals surface area contributed by atoms with Gasteiger partial charge < -0.3 is 15.0 Å². The van der Waals surface area contributed by atoms with Gasteiger partial charge in [0.25, 0.3) is 11.6 Å². The third-order valence-electron chi connectivity index (χ3n) is 4.83. The number of hydrogen-bond donors (Lipinski definition) is 1. The number of nitrogens with zero attached hydrogens (tertiary/aromatic N) is 3. The van der Waals surface area contributed by atoms with E-state index in [-0.39, 0.29) is 59.7 Å². The Morgan fingerprint density at radius 2 is 1.91 bits per heavy atom. The highest BCUT2D eigenvalue weighted by Gasteiger charge is 2.29. The highest BCUT2D eigenvalue weighted by Crippen LogP contribution is 2.28. The molecule has 0 aliphatic carbocycles. The molecule has 0 unspecified atom stereocenters. The summed E-state index contributed by atoms with van der Waals surface area (Å²) < 4.78 is 32.3. The molecular weight excluding hydrogens is 476 g/mol. The van der Waals surface area contributed by atoms with E-state index in [0.717, 1.165) is 11.0 Å². The lowest BCUT2D eigenvalue weighted by molar-refractivity contribution is -0.384. The third kappa shape index (κ3) is 5.85. The zero-order valence-corrected chi connectivity index (χ0v) is 19.1. The van der Waals surface area contributed by atoms with Gasteiger partial charge in [0.2, 0.25) is 15.9 Å². The predicted octanol–water partition coefficient (Wildman–Crippen LogP) is 1.98. The second kappa shape index (κ2) is 10.3. The van der Waals surface area contributed by atoms with E-state index in [2.05, 4.69) is 5.32 Å². The molecule has 2 amide bonds. The largest absolute Gasteiger partial charge is 0.379 e. The number of ether oxygens (including phenoxy) is 1. The molecule has 3 rings (SSSR count). The Balaban J connectivity index is 1.70. The van der Waals surface area contributed by atoms with E-state index < -0.39 is 26.8 Å². The lowest BCUT2D eigenvalue weighted by Crippen LogP contribution is -2.40. The van der Waals surface area contributed by atoms with Crippen LogP contribution in [0.1, 0.15) is 10.4 Å². The van der Waals surface area contributed by atoms with E-state index in [1.807, 2.05) is 0 Å². The molecule has 2 aromatic rings. The summed E-state index contributed by atoms with van der Waals surface area (Å²) in [6.07, 6.45) is 0. The van der Waals surface area contributed by atoms with Gasteiger partial charge in [-0.25, -0.2) is 8.42 Å². The maximum absolute atomic E-state index is 12.9. The van der Waals surface area contributed by atoms with Gasteiger partial charge in [-0.1, -0.05) is 17.7 Å². The summed E-state index contributed by atoms with van der Waals surface area (Å²) in [6.45, 7) is 0.575. The van der Waals surface area contributed by atoms with Crippen LogP contribution in [0.5, 0.6) is 0 Å². The lowest BCUT2D eigenvalue weighted by Gasteiger charge is -2.26.